The number of nitrogens with zero attached hydrogens (tertiary/aromatic N) is 2. The lowest BCUT2D eigenvalue weighted by Crippen LogP contribution is -2.39. The van der Waals surface area contributed by atoms with E-state index in [1.165, 1.54) is 0 Å². The first-order valence-electron chi connectivity index (χ1n) is 7.33. The van der Waals surface area contributed by atoms with Crippen molar-refractivity contribution in [3.63, 3.8) is 0 Å². The number of amides is 1. The van der Waals surface area contributed by atoms with Crippen LogP contribution in [0.4, 0.5) is 0 Å². The standard InChI is InChI=1S/C15H25N3O/c1-10(2)12-5-7-18(8-6-12)15(19)14-9-13(11(3)4)16-17-14/h9-12H,5-8H2,1-4H3,(H,16,17). The van der Waals surface area contributed by atoms with Gasteiger partial charge in [-0.25, -0.2) is 0 Å². The number of hydrogen-bond acceptors (Lipinski definition) is 2. The van der Waals surface area contributed by atoms with Crippen molar-refractivity contribution >= 4 is 5.91 Å². The Balaban J connectivity index is 1.97. The molecule has 1 aromatic rings. The van der Waals surface area contributed by atoms with Gasteiger partial charge in [0.25, 0.3) is 5.91 Å². The van der Waals surface area contributed by atoms with E-state index in [1.807, 2.05) is 11.0 Å². The summed E-state index contributed by atoms with van der Waals surface area (Å²) in [6.45, 7) is 10.5. The van der Waals surface area contributed by atoms with Gasteiger partial charge >= 0.3 is 0 Å². The van der Waals surface area contributed by atoms with Gasteiger partial charge < -0.3 is 4.90 Å². The minimum Gasteiger partial charge on any atom is -0.337 e. The molecule has 0 saturated carbocycles. The molecule has 0 spiro atoms. The highest BCUT2D eigenvalue weighted by Gasteiger charge is 2.26. The van der Waals surface area contributed by atoms with Crippen molar-refractivity contribution in [1.29, 1.82) is 0 Å². The van der Waals surface area contributed by atoms with E-state index in [4.69, 9.17) is 0 Å². The van der Waals surface area contributed by atoms with Crippen LogP contribution in [0.15, 0.2) is 6.07 Å². The summed E-state index contributed by atoms with van der Waals surface area (Å²) < 4.78 is 0. The van der Waals surface area contributed by atoms with Crippen molar-refractivity contribution in [3.8, 4) is 0 Å². The molecule has 0 aromatic carbocycles. The van der Waals surface area contributed by atoms with Crippen molar-refractivity contribution in [3.05, 3.63) is 17.5 Å². The molecule has 0 atom stereocenters. The molecule has 1 aromatic heterocycles. The molecule has 0 aliphatic carbocycles. The molecule has 4 heteroatoms. The number of aromatic nitrogens is 2. The summed E-state index contributed by atoms with van der Waals surface area (Å²) in [5.41, 5.74) is 1.59. The zero-order valence-electron chi connectivity index (χ0n) is 12.4. The van der Waals surface area contributed by atoms with Crippen molar-refractivity contribution in [2.24, 2.45) is 11.8 Å². The van der Waals surface area contributed by atoms with Crippen molar-refractivity contribution in [1.82, 2.24) is 15.1 Å². The Labute approximate surface area is 115 Å². The second-order valence-electron chi connectivity index (χ2n) is 6.24. The maximum Gasteiger partial charge on any atom is 0.274 e. The van der Waals surface area contributed by atoms with Crippen molar-refractivity contribution < 1.29 is 4.79 Å². The summed E-state index contributed by atoms with van der Waals surface area (Å²) >= 11 is 0. The fourth-order valence-electron chi connectivity index (χ4n) is 2.67. The zero-order valence-corrected chi connectivity index (χ0v) is 12.4. The number of piperidine rings is 1. The van der Waals surface area contributed by atoms with Gasteiger partial charge in [-0.1, -0.05) is 27.7 Å². The summed E-state index contributed by atoms with van der Waals surface area (Å²) in [5, 5.41) is 7.11. The number of carbonyl (C=O) groups is 1. The van der Waals surface area contributed by atoms with Gasteiger partial charge in [-0.3, -0.25) is 9.89 Å². The van der Waals surface area contributed by atoms with E-state index >= 15 is 0 Å². The lowest BCUT2D eigenvalue weighted by molar-refractivity contribution is 0.0662. The average Bonchev–Trinajstić information content (AvgIpc) is 2.87. The predicted molar refractivity (Wildman–Crippen MR) is 76.1 cm³/mol. The summed E-state index contributed by atoms with van der Waals surface area (Å²) in [6.07, 6.45) is 2.23. The van der Waals surface area contributed by atoms with E-state index in [1.54, 1.807) is 0 Å². The predicted octanol–water partition coefficient (Wildman–Crippen LogP) is 3.04. The number of nitrogens with one attached hydrogen (secondary N) is 1. The molecule has 0 bridgehead atoms. The Morgan fingerprint density at radius 3 is 2.42 bits per heavy atom. The molecule has 106 valence electrons. The van der Waals surface area contributed by atoms with Gasteiger partial charge in [-0.15, -0.1) is 0 Å². The van der Waals surface area contributed by atoms with Gasteiger partial charge in [0.15, 0.2) is 0 Å². The second kappa shape index (κ2) is 5.76. The molecule has 1 saturated heterocycles. The van der Waals surface area contributed by atoms with Crippen LogP contribution in [-0.2, 0) is 0 Å². The molecule has 1 amide bonds. The number of likely N-dealkylation sites (tertiary alicyclic amines) is 1. The van der Waals surface area contributed by atoms with Crippen molar-refractivity contribution in [2.75, 3.05) is 13.1 Å². The van der Waals surface area contributed by atoms with Gasteiger partial charge in [0.2, 0.25) is 0 Å². The first-order chi connectivity index (χ1) is 8.99. The second-order valence-corrected chi connectivity index (χ2v) is 6.24. The molecule has 1 fully saturated rings. The SMILES string of the molecule is CC(C)c1cc(C(=O)N2CCC(C(C)C)CC2)n[nH]1. The Hall–Kier alpha value is -1.32. The average molecular weight is 263 g/mol. The van der Waals surface area contributed by atoms with E-state index in [2.05, 4.69) is 37.9 Å². The first kappa shape index (κ1) is 14.1. The van der Waals surface area contributed by atoms with Crippen molar-refractivity contribution in [2.45, 2.75) is 46.5 Å². The maximum atomic E-state index is 12.4. The third-order valence-electron chi connectivity index (χ3n) is 4.21. The molecule has 1 N–H and O–H groups in total. The number of aromatic amines is 1. The Kier molecular flexibility index (Phi) is 4.27. The quantitative estimate of drug-likeness (QED) is 0.911. The number of rotatable bonds is 3. The third kappa shape index (κ3) is 3.17. The number of H-pyrrole nitrogens is 1. The molecule has 1 aliphatic rings. The summed E-state index contributed by atoms with van der Waals surface area (Å²) in [6, 6.07) is 1.89. The largest absolute Gasteiger partial charge is 0.337 e. The van der Waals surface area contributed by atoms with Crippen LogP contribution in [0.2, 0.25) is 0 Å². The smallest absolute Gasteiger partial charge is 0.274 e. The third-order valence-corrected chi connectivity index (χ3v) is 4.21. The minimum atomic E-state index is 0.0744. The first-order valence-corrected chi connectivity index (χ1v) is 7.33. The molecule has 0 radical (unpaired) electrons. The molecular formula is C15H25N3O. The highest BCUT2D eigenvalue weighted by atomic mass is 16.2. The van der Waals surface area contributed by atoms with E-state index in [0.717, 1.165) is 43.5 Å². The van der Waals surface area contributed by atoms with E-state index in [0.29, 0.717) is 11.6 Å². The molecule has 4 nitrogen and oxygen atoms in total. The Bertz CT molecular complexity index is 428. The van der Waals surface area contributed by atoms with Gasteiger partial charge in [-0.2, -0.15) is 5.10 Å². The van der Waals surface area contributed by atoms with E-state index in [9.17, 15) is 4.79 Å². The Morgan fingerprint density at radius 2 is 1.95 bits per heavy atom. The fraction of sp³-hybridized carbons (Fsp3) is 0.733. The van der Waals surface area contributed by atoms with Crippen LogP contribution < -0.4 is 0 Å². The van der Waals surface area contributed by atoms with E-state index in [-0.39, 0.29) is 5.91 Å². The molecule has 2 rings (SSSR count). The minimum absolute atomic E-state index is 0.0744. The fourth-order valence-corrected chi connectivity index (χ4v) is 2.67. The van der Waals surface area contributed by atoms with Gasteiger partial charge in [0.1, 0.15) is 5.69 Å². The summed E-state index contributed by atoms with van der Waals surface area (Å²) in [7, 11) is 0. The lowest BCUT2D eigenvalue weighted by atomic mass is 9.86. The molecule has 19 heavy (non-hydrogen) atoms. The molecule has 0 unspecified atom stereocenters. The van der Waals surface area contributed by atoms with Crippen LogP contribution in [0, 0.1) is 11.8 Å². The van der Waals surface area contributed by atoms with Crippen LogP contribution in [0.5, 0.6) is 0 Å². The van der Waals surface area contributed by atoms with Gasteiger partial charge in [0.05, 0.1) is 0 Å². The van der Waals surface area contributed by atoms with Gasteiger partial charge in [0, 0.05) is 18.8 Å². The van der Waals surface area contributed by atoms with E-state index < -0.39 is 0 Å². The van der Waals surface area contributed by atoms with Crippen LogP contribution in [0.25, 0.3) is 0 Å². The summed E-state index contributed by atoms with van der Waals surface area (Å²) in [5.74, 6) is 1.93. The number of carbonyl (C=O) groups excluding carboxylic acids is 1. The van der Waals surface area contributed by atoms with Crippen LogP contribution in [-0.4, -0.2) is 34.1 Å². The normalized spacial score (nSPS) is 17.5. The zero-order chi connectivity index (χ0) is 14.0. The lowest BCUT2D eigenvalue weighted by Gasteiger charge is -2.33. The topological polar surface area (TPSA) is 49.0 Å². The molecule has 1 aliphatic heterocycles. The maximum absolute atomic E-state index is 12.4. The van der Waals surface area contributed by atoms with Crippen LogP contribution in [0.3, 0.4) is 0 Å². The molecular weight excluding hydrogens is 238 g/mol. The van der Waals surface area contributed by atoms with Crippen LogP contribution in [0.1, 0.15) is 62.6 Å². The number of hydrogen-bond donors (Lipinski definition) is 1. The van der Waals surface area contributed by atoms with Gasteiger partial charge in [-0.05, 0) is 36.7 Å². The van der Waals surface area contributed by atoms with Crippen LogP contribution >= 0.6 is 0 Å². The highest BCUT2D eigenvalue weighted by molar-refractivity contribution is 5.92. The highest BCUT2D eigenvalue weighted by Crippen LogP contribution is 2.25. The monoisotopic (exact) mass is 263 g/mol. The Morgan fingerprint density at radius 1 is 1.32 bits per heavy atom. The summed E-state index contributed by atoms with van der Waals surface area (Å²) in [4.78, 5) is 14.3. The molecule has 2 heterocycles.